The Bertz CT molecular complexity index is 191. The summed E-state index contributed by atoms with van der Waals surface area (Å²) in [5.74, 6) is 0. The van der Waals surface area contributed by atoms with Crippen LogP contribution in [0.25, 0.3) is 0 Å². The van der Waals surface area contributed by atoms with Crippen molar-refractivity contribution in [2.24, 2.45) is 5.73 Å². The SMILES string of the molecule is NCCO[SiH2]c1ccccc1. The molecule has 0 aliphatic heterocycles. The van der Waals surface area contributed by atoms with E-state index in [4.69, 9.17) is 10.2 Å². The minimum atomic E-state index is -0.502. The molecule has 0 bridgehead atoms. The molecule has 2 N–H and O–H groups in total. The van der Waals surface area contributed by atoms with Crippen LogP contribution >= 0.6 is 0 Å². The number of rotatable bonds is 4. The zero-order chi connectivity index (χ0) is 7.94. The van der Waals surface area contributed by atoms with E-state index in [2.05, 4.69) is 12.1 Å². The van der Waals surface area contributed by atoms with Crippen LogP contribution in [0.3, 0.4) is 0 Å². The lowest BCUT2D eigenvalue weighted by Gasteiger charge is -2.00. The molecular weight excluding hydrogens is 154 g/mol. The molecule has 0 spiro atoms. The fourth-order valence-corrected chi connectivity index (χ4v) is 1.86. The van der Waals surface area contributed by atoms with Crippen LogP contribution in [0.2, 0.25) is 0 Å². The fraction of sp³-hybridized carbons (Fsp3) is 0.250. The highest BCUT2D eigenvalue weighted by Crippen LogP contribution is 1.81. The third kappa shape index (κ3) is 3.32. The Morgan fingerprint density at radius 3 is 2.64 bits per heavy atom. The molecule has 0 amide bonds. The van der Waals surface area contributed by atoms with Gasteiger partial charge in [-0.25, -0.2) is 0 Å². The lowest BCUT2D eigenvalue weighted by atomic mass is 10.4. The summed E-state index contributed by atoms with van der Waals surface area (Å²) in [7, 11) is -0.502. The normalized spacial score (nSPS) is 11.0. The predicted octanol–water partition coefficient (Wildman–Crippen LogP) is -0.629. The van der Waals surface area contributed by atoms with E-state index >= 15 is 0 Å². The molecule has 0 aromatic heterocycles. The van der Waals surface area contributed by atoms with E-state index in [0.717, 1.165) is 0 Å². The zero-order valence-electron chi connectivity index (χ0n) is 6.49. The highest BCUT2D eigenvalue weighted by atomic mass is 28.2. The van der Waals surface area contributed by atoms with Gasteiger partial charge < -0.3 is 10.2 Å². The van der Waals surface area contributed by atoms with E-state index in [9.17, 15) is 0 Å². The first-order valence-corrected chi connectivity index (χ1v) is 5.03. The average molecular weight is 167 g/mol. The first kappa shape index (κ1) is 8.45. The van der Waals surface area contributed by atoms with Crippen molar-refractivity contribution in [3.63, 3.8) is 0 Å². The molecule has 0 atom stereocenters. The summed E-state index contributed by atoms with van der Waals surface area (Å²) >= 11 is 0. The van der Waals surface area contributed by atoms with Crippen molar-refractivity contribution >= 4 is 14.9 Å². The van der Waals surface area contributed by atoms with Crippen molar-refractivity contribution < 1.29 is 4.43 Å². The third-order valence-corrected chi connectivity index (χ3v) is 2.67. The van der Waals surface area contributed by atoms with Gasteiger partial charge in [0.05, 0.1) is 0 Å². The van der Waals surface area contributed by atoms with E-state index < -0.39 is 9.76 Å². The van der Waals surface area contributed by atoms with E-state index in [1.165, 1.54) is 5.19 Å². The van der Waals surface area contributed by atoms with Gasteiger partial charge in [-0.1, -0.05) is 30.3 Å². The van der Waals surface area contributed by atoms with Crippen LogP contribution in [0, 0.1) is 0 Å². The van der Waals surface area contributed by atoms with Crippen LogP contribution in [0.4, 0.5) is 0 Å². The lowest BCUT2D eigenvalue weighted by molar-refractivity contribution is 0.353. The van der Waals surface area contributed by atoms with Crippen molar-refractivity contribution in [2.45, 2.75) is 0 Å². The second-order valence-corrected chi connectivity index (χ2v) is 3.84. The van der Waals surface area contributed by atoms with Crippen LogP contribution in [0.5, 0.6) is 0 Å². The second kappa shape index (κ2) is 5.07. The smallest absolute Gasteiger partial charge is 0.192 e. The fourth-order valence-electron chi connectivity index (χ4n) is 0.848. The molecule has 60 valence electrons. The van der Waals surface area contributed by atoms with E-state index in [1.807, 2.05) is 18.2 Å². The minimum Gasteiger partial charge on any atom is -0.417 e. The molecule has 1 rings (SSSR count). The Morgan fingerprint density at radius 2 is 2.00 bits per heavy atom. The zero-order valence-corrected chi connectivity index (χ0v) is 7.91. The van der Waals surface area contributed by atoms with Crippen LogP contribution in [0.15, 0.2) is 30.3 Å². The molecular formula is C8H13NOSi. The molecule has 0 aliphatic carbocycles. The molecule has 1 aromatic carbocycles. The average Bonchev–Trinajstić information content (AvgIpc) is 2.07. The van der Waals surface area contributed by atoms with Gasteiger partial charge in [-0.3, -0.25) is 0 Å². The first-order chi connectivity index (χ1) is 5.43. The molecule has 11 heavy (non-hydrogen) atoms. The Kier molecular flexibility index (Phi) is 3.89. The van der Waals surface area contributed by atoms with E-state index in [1.54, 1.807) is 0 Å². The van der Waals surface area contributed by atoms with E-state index in [0.29, 0.717) is 13.2 Å². The topological polar surface area (TPSA) is 35.2 Å². The Balaban J connectivity index is 2.28. The van der Waals surface area contributed by atoms with Crippen molar-refractivity contribution in [3.8, 4) is 0 Å². The molecule has 0 fully saturated rings. The largest absolute Gasteiger partial charge is 0.417 e. The van der Waals surface area contributed by atoms with Crippen LogP contribution in [-0.4, -0.2) is 22.9 Å². The summed E-state index contributed by atoms with van der Waals surface area (Å²) in [6.45, 7) is 1.32. The van der Waals surface area contributed by atoms with Crippen molar-refractivity contribution in [1.29, 1.82) is 0 Å². The highest BCUT2D eigenvalue weighted by Gasteiger charge is 1.90. The van der Waals surface area contributed by atoms with Crippen LogP contribution in [-0.2, 0) is 4.43 Å². The van der Waals surface area contributed by atoms with Crippen molar-refractivity contribution in [2.75, 3.05) is 13.2 Å². The van der Waals surface area contributed by atoms with Crippen molar-refractivity contribution in [1.82, 2.24) is 0 Å². The number of hydrogen-bond donors (Lipinski definition) is 1. The first-order valence-electron chi connectivity index (χ1n) is 3.75. The Hall–Kier alpha value is -0.643. The predicted molar refractivity (Wildman–Crippen MR) is 49.6 cm³/mol. The molecule has 2 nitrogen and oxygen atoms in total. The van der Waals surface area contributed by atoms with Gasteiger partial charge in [-0.2, -0.15) is 0 Å². The van der Waals surface area contributed by atoms with Gasteiger partial charge in [0.1, 0.15) is 0 Å². The van der Waals surface area contributed by atoms with Gasteiger partial charge in [0.15, 0.2) is 9.76 Å². The number of nitrogens with two attached hydrogens (primary N) is 1. The molecule has 0 heterocycles. The van der Waals surface area contributed by atoms with Gasteiger partial charge in [-0.15, -0.1) is 0 Å². The standard InChI is InChI=1S/C8H13NOSi/c9-6-7-10-11-8-4-2-1-3-5-8/h1-5H,6-7,9,11H2. The quantitative estimate of drug-likeness (QED) is 0.479. The molecule has 0 unspecified atom stereocenters. The van der Waals surface area contributed by atoms with Crippen molar-refractivity contribution in [3.05, 3.63) is 30.3 Å². The van der Waals surface area contributed by atoms with Crippen LogP contribution in [0.1, 0.15) is 0 Å². The van der Waals surface area contributed by atoms with Crippen LogP contribution < -0.4 is 10.9 Å². The molecule has 1 aromatic rings. The molecule has 0 saturated heterocycles. The Labute approximate surface area is 69.3 Å². The molecule has 0 radical (unpaired) electrons. The second-order valence-electron chi connectivity index (χ2n) is 2.33. The molecule has 0 saturated carbocycles. The summed E-state index contributed by atoms with van der Waals surface area (Å²) in [4.78, 5) is 0. The summed E-state index contributed by atoms with van der Waals surface area (Å²) in [6.07, 6.45) is 0. The monoisotopic (exact) mass is 167 g/mol. The lowest BCUT2D eigenvalue weighted by Crippen LogP contribution is -2.20. The maximum Gasteiger partial charge on any atom is 0.192 e. The third-order valence-electron chi connectivity index (χ3n) is 1.37. The van der Waals surface area contributed by atoms with Gasteiger partial charge in [0.25, 0.3) is 0 Å². The maximum atomic E-state index is 5.38. The summed E-state index contributed by atoms with van der Waals surface area (Å²) in [5, 5.41) is 1.33. The minimum absolute atomic E-state index is 0.502. The van der Waals surface area contributed by atoms with E-state index in [-0.39, 0.29) is 0 Å². The summed E-state index contributed by atoms with van der Waals surface area (Å²) in [6, 6.07) is 10.3. The number of benzene rings is 1. The summed E-state index contributed by atoms with van der Waals surface area (Å²) in [5.41, 5.74) is 5.29. The maximum absolute atomic E-state index is 5.38. The van der Waals surface area contributed by atoms with Gasteiger partial charge in [-0.05, 0) is 5.19 Å². The Morgan fingerprint density at radius 1 is 1.27 bits per heavy atom. The molecule has 0 aliphatic rings. The van der Waals surface area contributed by atoms with Gasteiger partial charge in [0.2, 0.25) is 0 Å². The van der Waals surface area contributed by atoms with Gasteiger partial charge in [0, 0.05) is 13.2 Å². The number of hydrogen-bond acceptors (Lipinski definition) is 2. The van der Waals surface area contributed by atoms with Gasteiger partial charge >= 0.3 is 0 Å². The highest BCUT2D eigenvalue weighted by molar-refractivity contribution is 6.46. The molecule has 3 heteroatoms. The summed E-state index contributed by atoms with van der Waals surface area (Å²) < 4.78 is 5.38.